The minimum absolute atomic E-state index is 0.0200. The number of nitriles is 1. The van der Waals surface area contributed by atoms with Gasteiger partial charge in [-0.3, -0.25) is 4.90 Å². The van der Waals surface area contributed by atoms with Crippen LogP contribution >= 0.6 is 11.3 Å². The van der Waals surface area contributed by atoms with Crippen molar-refractivity contribution in [1.82, 2.24) is 19.9 Å². The minimum atomic E-state index is -3.75. The van der Waals surface area contributed by atoms with E-state index in [2.05, 4.69) is 15.0 Å². The van der Waals surface area contributed by atoms with Gasteiger partial charge in [0.1, 0.15) is 18.0 Å². The maximum absolute atomic E-state index is 9.22. The number of benzene rings is 1. The third kappa shape index (κ3) is 4.13. The summed E-state index contributed by atoms with van der Waals surface area (Å²) >= 11 is 0.867. The molecule has 0 radical (unpaired) electrons. The van der Waals surface area contributed by atoms with E-state index in [1.165, 1.54) is 32.0 Å². The molecule has 1 fully saturated rings. The highest BCUT2D eigenvalue weighted by Gasteiger charge is 2.21. The molecule has 28 heavy (non-hydrogen) atoms. The molecule has 3 aromatic rings. The fraction of sp³-hybridized carbons (Fsp3) is 0.429. The zero-order valence-electron chi connectivity index (χ0n) is 28.0. The number of nitrogens with zero attached hydrogens (tertiary/aromatic N) is 5. The molecule has 4 rings (SSSR count). The number of anilines is 1. The maximum Gasteiger partial charge on any atom is 0.162 e. The van der Waals surface area contributed by atoms with E-state index in [-0.39, 0.29) is 36.7 Å². The SMILES string of the molecule is [2H]c1nc(N([2H])C2([2H])C([2H])([2H])C([2H])([2H])N(C([2H])c3cccc(C#N)c3)C([2H])([2H])C2([2H])[2H])c2nc(C([2H])(C)C)sc2n1. The lowest BCUT2D eigenvalue weighted by atomic mass is 10.0. The fourth-order valence-corrected chi connectivity index (χ4v) is 3.19. The highest BCUT2D eigenvalue weighted by Crippen LogP contribution is 2.29. The third-order valence-corrected chi connectivity index (χ3v) is 4.83. The van der Waals surface area contributed by atoms with Crippen LogP contribution in [-0.4, -0.2) is 38.9 Å². The van der Waals surface area contributed by atoms with E-state index in [1.807, 2.05) is 6.07 Å². The third-order valence-electron chi connectivity index (χ3n) is 3.66. The Bertz CT molecular complexity index is 1520. The molecule has 0 spiro atoms. The number of likely N-dealkylation sites (tertiary alicyclic amines) is 1. The molecule has 2 aromatic heterocycles. The summed E-state index contributed by atoms with van der Waals surface area (Å²) in [5.74, 6) is -2.02. The second-order valence-corrected chi connectivity index (χ2v) is 6.97. The van der Waals surface area contributed by atoms with Crippen LogP contribution in [0.25, 0.3) is 10.3 Å². The molecule has 1 unspecified atom stereocenters. The molecule has 1 aromatic carbocycles. The molecule has 0 saturated carbocycles. The van der Waals surface area contributed by atoms with Gasteiger partial charge in [0.05, 0.1) is 18.0 Å². The Morgan fingerprint density at radius 3 is 3.11 bits per heavy atom. The van der Waals surface area contributed by atoms with E-state index in [9.17, 15) is 5.26 Å². The van der Waals surface area contributed by atoms with Crippen LogP contribution in [0.3, 0.4) is 0 Å². The van der Waals surface area contributed by atoms with Crippen molar-refractivity contribution in [2.75, 3.05) is 18.3 Å². The Labute approximate surface area is 187 Å². The van der Waals surface area contributed by atoms with Crippen molar-refractivity contribution in [3.05, 3.63) is 46.7 Å². The largest absolute Gasteiger partial charge is 0.365 e. The molecule has 1 aliphatic rings. The summed E-state index contributed by atoms with van der Waals surface area (Å²) in [6, 6.07) is 3.28. The monoisotopic (exact) mass is 405 g/mol. The average Bonchev–Trinajstić information content (AvgIpc) is 3.30. The number of thiazole rings is 1. The maximum atomic E-state index is 9.22. The number of nitrogens with one attached hydrogen (secondary N) is 1. The van der Waals surface area contributed by atoms with Gasteiger partial charge in [-0.05, 0) is 30.4 Å². The quantitative estimate of drug-likeness (QED) is 0.687. The summed E-state index contributed by atoms with van der Waals surface area (Å²) < 4.78 is 112. The fourth-order valence-electron chi connectivity index (χ4n) is 2.35. The first-order valence-corrected chi connectivity index (χ1v) is 9.05. The topological polar surface area (TPSA) is 77.7 Å². The van der Waals surface area contributed by atoms with Crippen LogP contribution in [0, 0.1) is 11.3 Å². The first-order valence-electron chi connectivity index (χ1n) is 14.8. The number of fused-ring (bicyclic) bond motifs is 1. The zero-order chi connectivity index (χ0) is 31.1. The second-order valence-electron chi connectivity index (χ2n) is 5.99. The molecule has 1 N–H and O–H groups in total. The molecule has 3 heterocycles. The first-order chi connectivity index (χ1) is 18.6. The second kappa shape index (κ2) is 8.21. The van der Waals surface area contributed by atoms with Crippen LogP contribution in [0.1, 0.15) is 65.1 Å². The average molecular weight is 406 g/mol. The Morgan fingerprint density at radius 2 is 2.36 bits per heavy atom. The number of aromatic nitrogens is 3. The predicted molar refractivity (Wildman–Crippen MR) is 112 cm³/mol. The Hall–Kier alpha value is -2.56. The normalized spacial score (nSPS) is 32.4. The number of rotatable bonds is 5. The van der Waals surface area contributed by atoms with Gasteiger partial charge in [-0.25, -0.2) is 15.0 Å². The lowest BCUT2D eigenvalue weighted by Gasteiger charge is -2.32. The summed E-state index contributed by atoms with van der Waals surface area (Å²) in [5, 5.41) is 9.25. The van der Waals surface area contributed by atoms with Gasteiger partial charge in [0.15, 0.2) is 7.23 Å². The van der Waals surface area contributed by atoms with Gasteiger partial charge in [0, 0.05) is 45.1 Å². The molecule has 1 atom stereocenters. The molecule has 6 nitrogen and oxygen atoms in total. The zero-order valence-corrected chi connectivity index (χ0v) is 15.8. The van der Waals surface area contributed by atoms with Crippen LogP contribution in [0.2, 0.25) is 1.41 Å². The highest BCUT2D eigenvalue weighted by molar-refractivity contribution is 7.18. The lowest BCUT2D eigenvalue weighted by Crippen LogP contribution is -2.38. The predicted octanol–water partition coefficient (Wildman–Crippen LogP) is 4.16. The summed E-state index contributed by atoms with van der Waals surface area (Å²) in [6.45, 7) is -6.28. The Balaban J connectivity index is 1.95. The first kappa shape index (κ1) is 8.85. The summed E-state index contributed by atoms with van der Waals surface area (Å²) in [7, 11) is 0. The number of hydrogen-bond acceptors (Lipinski definition) is 7. The molecular weight excluding hydrogens is 368 g/mol. The van der Waals surface area contributed by atoms with Crippen LogP contribution < -0.4 is 5.31 Å². The van der Waals surface area contributed by atoms with E-state index in [0.29, 0.717) is 0 Å². The summed E-state index contributed by atoms with van der Waals surface area (Å²) in [5.41, 5.74) is -0.355. The van der Waals surface area contributed by atoms with Crippen LogP contribution in [-0.2, 0) is 6.52 Å². The summed E-state index contributed by atoms with van der Waals surface area (Å²) in [6.07, 6.45) is -8.22. The van der Waals surface area contributed by atoms with E-state index < -0.39 is 56.3 Å². The van der Waals surface area contributed by atoms with Crippen LogP contribution in [0.5, 0.6) is 0 Å². The number of piperidine rings is 1. The van der Waals surface area contributed by atoms with Gasteiger partial charge >= 0.3 is 0 Å². The molecular formula is C21H24N6S. The van der Waals surface area contributed by atoms with Gasteiger partial charge in [-0.2, -0.15) is 5.26 Å². The lowest BCUT2D eigenvalue weighted by molar-refractivity contribution is 0.211. The van der Waals surface area contributed by atoms with Gasteiger partial charge in [-0.1, -0.05) is 37.3 Å². The molecule has 144 valence electrons. The Kier molecular flexibility index (Phi) is 2.59. The van der Waals surface area contributed by atoms with Crippen molar-refractivity contribution in [1.29, 1.82) is 5.26 Å². The van der Waals surface area contributed by atoms with Crippen LogP contribution in [0.15, 0.2) is 30.6 Å². The highest BCUT2D eigenvalue weighted by atomic mass is 32.1. The van der Waals surface area contributed by atoms with Crippen LogP contribution in [0.4, 0.5) is 5.82 Å². The van der Waals surface area contributed by atoms with Gasteiger partial charge in [0.2, 0.25) is 0 Å². The smallest absolute Gasteiger partial charge is 0.162 e. The molecule has 7 heteroatoms. The van der Waals surface area contributed by atoms with Crippen molar-refractivity contribution in [3.63, 3.8) is 0 Å². The summed E-state index contributed by atoms with van der Waals surface area (Å²) in [4.78, 5) is 11.9. The molecule has 0 bridgehead atoms. The van der Waals surface area contributed by atoms with Crippen molar-refractivity contribution in [2.24, 2.45) is 0 Å². The van der Waals surface area contributed by atoms with E-state index >= 15 is 0 Å². The molecule has 1 saturated heterocycles. The van der Waals surface area contributed by atoms with Crippen molar-refractivity contribution in [3.8, 4) is 6.07 Å². The van der Waals surface area contributed by atoms with Gasteiger partial charge < -0.3 is 5.31 Å². The van der Waals surface area contributed by atoms with E-state index in [1.54, 1.807) is 0 Å². The van der Waals surface area contributed by atoms with Gasteiger partial charge in [-0.15, -0.1) is 0 Å². The molecule has 0 aliphatic carbocycles. The standard InChI is InChI=1S/C21H24N6S/c1-14(2)20-26-18-19(23-13-24-21(18)28-20)25-17-6-8-27(9-7-17)12-16-5-3-4-15(10-16)11-22/h3-5,10,13-14,17H,6-9,12H2,1-2H3,(H,23,24,25)/i6D2,7D2,8D2,9D2,12D,13D,14D,17D/hD. The van der Waals surface area contributed by atoms with Crippen molar-refractivity contribution in [2.45, 2.75) is 45.0 Å². The minimum Gasteiger partial charge on any atom is -0.365 e. The van der Waals surface area contributed by atoms with Crippen molar-refractivity contribution < 1.29 is 17.9 Å². The van der Waals surface area contributed by atoms with E-state index in [4.69, 9.17) is 17.9 Å². The van der Waals surface area contributed by atoms with Crippen molar-refractivity contribution >= 4 is 27.5 Å². The Morgan fingerprint density at radius 1 is 1.54 bits per heavy atom. The molecule has 1 aliphatic heterocycles. The van der Waals surface area contributed by atoms with Gasteiger partial charge in [0.25, 0.3) is 0 Å². The molecule has 0 amide bonds. The number of hydrogen-bond donors (Lipinski definition) is 1. The van der Waals surface area contributed by atoms with E-state index in [0.717, 1.165) is 17.4 Å².